The molecule has 1 fully saturated rings. The lowest BCUT2D eigenvalue weighted by Gasteiger charge is -2.27. The molecule has 3 heterocycles. The highest BCUT2D eigenvalue weighted by atomic mass is 79.9. The fraction of sp³-hybridized carbons (Fsp3) is 0.208. The molecule has 10 heteroatoms. The van der Waals surface area contributed by atoms with Gasteiger partial charge in [-0.25, -0.2) is 0 Å². The minimum Gasteiger partial charge on any atom is -0.492 e. The van der Waals surface area contributed by atoms with Crippen LogP contribution >= 0.6 is 28.1 Å². The van der Waals surface area contributed by atoms with E-state index in [9.17, 15) is 9.59 Å². The number of hydrogen-bond donors (Lipinski definition) is 1. The van der Waals surface area contributed by atoms with Crippen LogP contribution in [0.2, 0.25) is 0 Å². The molecule has 2 amide bonds. The average Bonchev–Trinajstić information content (AvgIpc) is 3.41. The lowest BCUT2D eigenvalue weighted by atomic mass is 10.1. The lowest BCUT2D eigenvalue weighted by molar-refractivity contribution is -0.128. The summed E-state index contributed by atoms with van der Waals surface area (Å²) in [6, 6.07) is 11.4. The fourth-order valence-electron chi connectivity index (χ4n) is 3.96. The molecule has 5 rings (SSSR count). The van der Waals surface area contributed by atoms with Gasteiger partial charge >= 0.3 is 0 Å². The van der Waals surface area contributed by atoms with Crippen molar-refractivity contribution in [2.75, 3.05) is 19.9 Å². The average molecular weight is 542 g/mol. The standard InChI is InChI=1S/C24H20BrN3O5S/c1-2-28-23(30)18(22(29)26-24(28)34)9-14-12-27(19-5-3-15(25)10-17(14)19)7-8-31-16-4-6-20-21(11-16)33-13-32-20/h3-6,9-12H,2,7-8,13H2,1H3,(H,26,29,34)/b18-9+. The number of nitrogens with one attached hydrogen (secondary N) is 1. The second-order valence-corrected chi connectivity index (χ2v) is 8.97. The van der Waals surface area contributed by atoms with Crippen LogP contribution in [0.4, 0.5) is 0 Å². The topological polar surface area (TPSA) is 82.0 Å². The quantitative estimate of drug-likeness (QED) is 0.290. The van der Waals surface area contributed by atoms with E-state index in [-0.39, 0.29) is 17.5 Å². The summed E-state index contributed by atoms with van der Waals surface area (Å²) in [6.45, 7) is 3.36. The van der Waals surface area contributed by atoms with Crippen molar-refractivity contribution in [2.45, 2.75) is 13.5 Å². The van der Waals surface area contributed by atoms with Gasteiger partial charge in [-0.2, -0.15) is 0 Å². The Morgan fingerprint density at radius 3 is 2.82 bits per heavy atom. The molecule has 1 aromatic heterocycles. The molecule has 8 nitrogen and oxygen atoms in total. The lowest BCUT2D eigenvalue weighted by Crippen LogP contribution is -2.53. The molecule has 0 saturated carbocycles. The number of thiocarbonyl (C=S) groups is 1. The summed E-state index contributed by atoms with van der Waals surface area (Å²) in [5.41, 5.74) is 1.75. The van der Waals surface area contributed by atoms with Crippen molar-refractivity contribution in [1.29, 1.82) is 0 Å². The minimum atomic E-state index is -0.498. The Kier molecular flexibility index (Phi) is 6.01. The van der Waals surface area contributed by atoms with Crippen LogP contribution in [0.5, 0.6) is 17.2 Å². The molecule has 174 valence electrons. The summed E-state index contributed by atoms with van der Waals surface area (Å²) < 4.78 is 19.6. The van der Waals surface area contributed by atoms with Gasteiger partial charge in [-0.05, 0) is 55.5 Å². The van der Waals surface area contributed by atoms with Gasteiger partial charge in [-0.15, -0.1) is 0 Å². The summed E-state index contributed by atoms with van der Waals surface area (Å²) in [5.74, 6) is 1.15. The Balaban J connectivity index is 1.42. The van der Waals surface area contributed by atoms with Crippen molar-refractivity contribution in [3.05, 3.63) is 58.2 Å². The molecule has 0 atom stereocenters. The van der Waals surface area contributed by atoms with Gasteiger partial charge in [0.05, 0.1) is 6.54 Å². The molecule has 0 radical (unpaired) electrons. The van der Waals surface area contributed by atoms with E-state index in [2.05, 4.69) is 21.2 Å². The molecular formula is C24H20BrN3O5S. The third-order valence-electron chi connectivity index (χ3n) is 5.62. The summed E-state index contributed by atoms with van der Waals surface area (Å²) >= 11 is 8.63. The zero-order chi connectivity index (χ0) is 23.8. The molecule has 1 saturated heterocycles. The van der Waals surface area contributed by atoms with E-state index in [1.807, 2.05) is 48.0 Å². The van der Waals surface area contributed by atoms with Crippen molar-refractivity contribution in [3.63, 3.8) is 0 Å². The van der Waals surface area contributed by atoms with E-state index in [4.69, 9.17) is 26.4 Å². The number of rotatable bonds is 6. The number of carbonyl (C=O) groups excluding carboxylic acids is 2. The van der Waals surface area contributed by atoms with E-state index in [1.165, 1.54) is 4.90 Å². The van der Waals surface area contributed by atoms with Crippen LogP contribution in [0.1, 0.15) is 12.5 Å². The molecule has 2 aliphatic heterocycles. The van der Waals surface area contributed by atoms with Crippen LogP contribution < -0.4 is 19.5 Å². The van der Waals surface area contributed by atoms with Crippen LogP contribution in [0.3, 0.4) is 0 Å². The maximum absolute atomic E-state index is 12.9. The molecule has 0 aliphatic carbocycles. The van der Waals surface area contributed by atoms with Gasteiger partial charge in [-0.1, -0.05) is 15.9 Å². The fourth-order valence-corrected chi connectivity index (χ4v) is 4.63. The van der Waals surface area contributed by atoms with E-state index in [1.54, 1.807) is 12.1 Å². The number of likely N-dealkylation sites (N-methyl/N-ethyl adjacent to an activating group) is 1. The van der Waals surface area contributed by atoms with Gasteiger partial charge in [-0.3, -0.25) is 19.8 Å². The number of nitrogens with zero attached hydrogens (tertiary/aromatic N) is 2. The molecule has 2 aliphatic rings. The van der Waals surface area contributed by atoms with Crippen LogP contribution in [-0.2, 0) is 16.1 Å². The van der Waals surface area contributed by atoms with Crippen LogP contribution in [0.25, 0.3) is 17.0 Å². The highest BCUT2D eigenvalue weighted by Gasteiger charge is 2.32. The van der Waals surface area contributed by atoms with E-state index >= 15 is 0 Å². The summed E-state index contributed by atoms with van der Waals surface area (Å²) in [7, 11) is 0. The van der Waals surface area contributed by atoms with Gasteiger partial charge in [0.25, 0.3) is 11.8 Å². The maximum Gasteiger partial charge on any atom is 0.265 e. The first-order valence-electron chi connectivity index (χ1n) is 10.6. The number of hydrogen-bond acceptors (Lipinski definition) is 6. The van der Waals surface area contributed by atoms with Gasteiger partial charge in [0.15, 0.2) is 16.6 Å². The monoisotopic (exact) mass is 541 g/mol. The highest BCUT2D eigenvalue weighted by molar-refractivity contribution is 9.10. The van der Waals surface area contributed by atoms with Gasteiger partial charge in [0.1, 0.15) is 17.9 Å². The van der Waals surface area contributed by atoms with Crippen molar-refractivity contribution in [1.82, 2.24) is 14.8 Å². The molecule has 0 unspecified atom stereocenters. The number of carbonyl (C=O) groups is 2. The molecule has 0 spiro atoms. The maximum atomic E-state index is 12.9. The molecule has 0 bridgehead atoms. The SMILES string of the molecule is CCN1C(=O)/C(=C/c2cn(CCOc3ccc4c(c3)OCO4)c3ccc(Br)cc23)C(=O)NC1=S. The summed E-state index contributed by atoms with van der Waals surface area (Å²) in [6.07, 6.45) is 3.53. The Labute approximate surface area is 209 Å². The van der Waals surface area contributed by atoms with Crippen molar-refractivity contribution < 1.29 is 23.8 Å². The number of halogens is 1. The second-order valence-electron chi connectivity index (χ2n) is 7.67. The number of aromatic nitrogens is 1. The second kappa shape index (κ2) is 9.11. The Morgan fingerprint density at radius 1 is 1.18 bits per heavy atom. The Morgan fingerprint density at radius 2 is 2.00 bits per heavy atom. The number of ether oxygens (including phenoxy) is 3. The van der Waals surface area contributed by atoms with Gasteiger partial charge in [0.2, 0.25) is 6.79 Å². The summed E-state index contributed by atoms with van der Waals surface area (Å²) in [5, 5.41) is 3.62. The van der Waals surface area contributed by atoms with Crippen LogP contribution in [0.15, 0.2) is 52.6 Å². The largest absolute Gasteiger partial charge is 0.492 e. The third-order valence-corrected chi connectivity index (χ3v) is 6.44. The van der Waals surface area contributed by atoms with Crippen molar-refractivity contribution in [3.8, 4) is 17.2 Å². The van der Waals surface area contributed by atoms with Gasteiger partial charge in [0, 0.05) is 39.7 Å². The zero-order valence-corrected chi connectivity index (χ0v) is 20.6. The third kappa shape index (κ3) is 4.14. The van der Waals surface area contributed by atoms with Crippen molar-refractivity contribution in [2.24, 2.45) is 0 Å². The Bertz CT molecular complexity index is 1370. The first kappa shape index (κ1) is 22.4. The van der Waals surface area contributed by atoms with Crippen LogP contribution in [0, 0.1) is 0 Å². The Hall–Kier alpha value is -3.37. The molecular weight excluding hydrogens is 522 g/mol. The molecule has 3 aromatic rings. The van der Waals surface area contributed by atoms with E-state index in [0.717, 1.165) is 20.9 Å². The number of fused-ring (bicyclic) bond motifs is 2. The summed E-state index contributed by atoms with van der Waals surface area (Å²) in [4.78, 5) is 26.8. The first-order chi connectivity index (χ1) is 16.4. The minimum absolute atomic E-state index is 0.0473. The van der Waals surface area contributed by atoms with Gasteiger partial charge < -0.3 is 18.8 Å². The molecule has 2 aromatic carbocycles. The number of benzene rings is 2. The zero-order valence-electron chi connectivity index (χ0n) is 18.2. The van der Waals surface area contributed by atoms with Crippen molar-refractivity contribution >= 4 is 62.1 Å². The first-order valence-corrected chi connectivity index (χ1v) is 11.8. The smallest absolute Gasteiger partial charge is 0.265 e. The van der Waals surface area contributed by atoms with E-state index < -0.39 is 11.8 Å². The van der Waals surface area contributed by atoms with Crippen LogP contribution in [-0.4, -0.2) is 46.3 Å². The predicted molar refractivity (Wildman–Crippen MR) is 134 cm³/mol. The number of amides is 2. The molecule has 1 N–H and O–H groups in total. The highest BCUT2D eigenvalue weighted by Crippen LogP contribution is 2.35. The molecule has 34 heavy (non-hydrogen) atoms. The normalized spacial score (nSPS) is 16.5. The van der Waals surface area contributed by atoms with E-state index in [0.29, 0.717) is 36.9 Å². The predicted octanol–water partition coefficient (Wildman–Crippen LogP) is 3.86.